The second-order valence-corrected chi connectivity index (χ2v) is 6.19. The summed E-state index contributed by atoms with van der Waals surface area (Å²) in [5, 5.41) is 2.59. The van der Waals surface area contributed by atoms with Gasteiger partial charge in [-0.3, -0.25) is 9.69 Å². The van der Waals surface area contributed by atoms with Gasteiger partial charge in [-0.2, -0.15) is 13.2 Å². The van der Waals surface area contributed by atoms with Crippen molar-refractivity contribution in [2.75, 3.05) is 25.0 Å². The lowest BCUT2D eigenvalue weighted by atomic mass is 10.1. The Morgan fingerprint density at radius 3 is 2.35 bits per heavy atom. The van der Waals surface area contributed by atoms with Crippen molar-refractivity contribution in [2.24, 2.45) is 0 Å². The van der Waals surface area contributed by atoms with Crippen LogP contribution in [-0.4, -0.2) is 30.4 Å². The molecule has 0 radical (unpaired) electrons. The van der Waals surface area contributed by atoms with E-state index in [0.717, 1.165) is 57.0 Å². The fourth-order valence-electron chi connectivity index (χ4n) is 2.66. The molecule has 0 saturated carbocycles. The molecule has 128 valence electrons. The van der Waals surface area contributed by atoms with Gasteiger partial charge in [-0.25, -0.2) is 0 Å². The van der Waals surface area contributed by atoms with E-state index in [9.17, 15) is 18.0 Å². The van der Waals surface area contributed by atoms with Gasteiger partial charge < -0.3 is 5.32 Å². The Morgan fingerprint density at radius 1 is 1.13 bits per heavy atom. The Bertz CT molecular complexity index is 541. The lowest BCUT2D eigenvalue weighted by molar-refractivity contribution is -0.137. The molecule has 1 amide bonds. The van der Waals surface area contributed by atoms with Crippen molar-refractivity contribution in [2.45, 2.75) is 38.3 Å². The van der Waals surface area contributed by atoms with Crippen molar-refractivity contribution in [1.82, 2.24) is 4.90 Å². The lowest BCUT2D eigenvalue weighted by Gasteiger charge is -2.24. The highest BCUT2D eigenvalue weighted by Gasteiger charge is 2.31. The summed E-state index contributed by atoms with van der Waals surface area (Å²) >= 11 is 5.89. The van der Waals surface area contributed by atoms with Crippen LogP contribution in [0.4, 0.5) is 18.9 Å². The van der Waals surface area contributed by atoms with E-state index >= 15 is 0 Å². The van der Waals surface area contributed by atoms with Crippen LogP contribution >= 0.6 is 11.6 Å². The van der Waals surface area contributed by atoms with Gasteiger partial charge in [-0.1, -0.05) is 30.9 Å². The fraction of sp³-hybridized carbons (Fsp3) is 0.562. The summed E-state index contributed by atoms with van der Waals surface area (Å²) in [6.07, 6.45) is 1.14. The van der Waals surface area contributed by atoms with Gasteiger partial charge in [0.2, 0.25) is 5.91 Å². The molecule has 0 unspecified atom stereocenters. The molecule has 0 aliphatic carbocycles. The molecule has 0 atom stereocenters. The number of carbonyl (C=O) groups excluding carboxylic acids is 1. The normalized spacial score (nSPS) is 17.4. The molecular weight excluding hydrogens is 329 g/mol. The van der Waals surface area contributed by atoms with Crippen LogP contribution in [0.2, 0.25) is 5.02 Å². The van der Waals surface area contributed by atoms with Crippen LogP contribution in [0.25, 0.3) is 0 Å². The van der Waals surface area contributed by atoms with Crippen molar-refractivity contribution in [3.8, 4) is 0 Å². The predicted octanol–water partition coefficient (Wildman–Crippen LogP) is 4.56. The smallest absolute Gasteiger partial charge is 0.324 e. The molecule has 23 heavy (non-hydrogen) atoms. The molecule has 7 heteroatoms. The summed E-state index contributed by atoms with van der Waals surface area (Å²) in [6.45, 7) is 1.85. The van der Waals surface area contributed by atoms with Gasteiger partial charge in [-0.15, -0.1) is 0 Å². The first-order chi connectivity index (χ1) is 10.9. The number of nitrogens with zero attached hydrogens (tertiary/aromatic N) is 1. The molecule has 0 bridgehead atoms. The quantitative estimate of drug-likeness (QED) is 0.868. The molecule has 1 aliphatic heterocycles. The van der Waals surface area contributed by atoms with E-state index in [1.807, 2.05) is 4.90 Å². The van der Waals surface area contributed by atoms with Gasteiger partial charge in [0.15, 0.2) is 0 Å². The van der Waals surface area contributed by atoms with Gasteiger partial charge in [0, 0.05) is 0 Å². The van der Waals surface area contributed by atoms with Gasteiger partial charge in [0.25, 0.3) is 0 Å². The van der Waals surface area contributed by atoms with Gasteiger partial charge in [-0.05, 0) is 44.1 Å². The average molecular weight is 349 g/mol. The van der Waals surface area contributed by atoms with Crippen LogP contribution in [0.15, 0.2) is 18.2 Å². The van der Waals surface area contributed by atoms with Crippen molar-refractivity contribution in [1.29, 1.82) is 0 Å². The molecule has 3 nitrogen and oxygen atoms in total. The molecule has 1 saturated heterocycles. The summed E-state index contributed by atoms with van der Waals surface area (Å²) < 4.78 is 38.2. The van der Waals surface area contributed by atoms with Crippen molar-refractivity contribution >= 4 is 23.2 Å². The van der Waals surface area contributed by atoms with E-state index in [-0.39, 0.29) is 23.2 Å². The van der Waals surface area contributed by atoms with Crippen molar-refractivity contribution < 1.29 is 18.0 Å². The zero-order chi connectivity index (χ0) is 16.9. The molecule has 2 rings (SSSR count). The van der Waals surface area contributed by atoms with Crippen molar-refractivity contribution in [3.63, 3.8) is 0 Å². The van der Waals surface area contributed by atoms with Gasteiger partial charge in [0.1, 0.15) is 0 Å². The maximum Gasteiger partial charge on any atom is 0.416 e. The second kappa shape index (κ2) is 8.02. The van der Waals surface area contributed by atoms with Gasteiger partial charge >= 0.3 is 6.18 Å². The Kier molecular flexibility index (Phi) is 6.30. The SMILES string of the molecule is O=C(CN1CCCCCCC1)Nc1cc(C(F)(F)F)ccc1Cl. The van der Waals surface area contributed by atoms with Crippen LogP contribution in [0.3, 0.4) is 0 Å². The van der Waals surface area contributed by atoms with E-state index in [1.54, 1.807) is 0 Å². The largest absolute Gasteiger partial charge is 0.416 e. The van der Waals surface area contributed by atoms with Crippen molar-refractivity contribution in [3.05, 3.63) is 28.8 Å². The van der Waals surface area contributed by atoms with Crippen LogP contribution in [0, 0.1) is 0 Å². The molecule has 1 N–H and O–H groups in total. The van der Waals surface area contributed by atoms with E-state index in [0.29, 0.717) is 0 Å². The number of rotatable bonds is 3. The number of benzene rings is 1. The number of hydrogen-bond acceptors (Lipinski definition) is 2. The number of hydrogen-bond donors (Lipinski definition) is 1. The van der Waals surface area contributed by atoms with Crippen LogP contribution in [-0.2, 0) is 11.0 Å². The third-order valence-electron chi connectivity index (χ3n) is 3.88. The molecular formula is C16H20ClF3N2O. The summed E-state index contributed by atoms with van der Waals surface area (Å²) in [4.78, 5) is 14.1. The fourth-order valence-corrected chi connectivity index (χ4v) is 2.83. The first kappa shape index (κ1) is 18.1. The monoisotopic (exact) mass is 348 g/mol. The molecule has 1 aliphatic rings. The number of amides is 1. The van der Waals surface area contributed by atoms with Gasteiger partial charge in [0.05, 0.1) is 22.8 Å². The first-order valence-corrected chi connectivity index (χ1v) is 8.13. The molecule has 0 spiro atoms. The minimum absolute atomic E-state index is 0.00136. The zero-order valence-corrected chi connectivity index (χ0v) is 13.5. The Labute approximate surface area is 138 Å². The minimum Gasteiger partial charge on any atom is -0.324 e. The number of halogens is 4. The number of likely N-dealkylation sites (tertiary alicyclic amines) is 1. The lowest BCUT2D eigenvalue weighted by Crippen LogP contribution is -2.35. The molecule has 0 aromatic heterocycles. The summed E-state index contributed by atoms with van der Waals surface area (Å²) in [5.41, 5.74) is -0.831. The Balaban J connectivity index is 1.99. The summed E-state index contributed by atoms with van der Waals surface area (Å²) in [7, 11) is 0. The van der Waals surface area contributed by atoms with Crippen LogP contribution in [0.1, 0.15) is 37.7 Å². The standard InChI is InChI=1S/C16H20ClF3N2O/c17-13-7-6-12(16(18,19)20)10-14(13)21-15(23)11-22-8-4-2-1-3-5-9-22/h6-7,10H,1-5,8-9,11H2,(H,21,23). The zero-order valence-electron chi connectivity index (χ0n) is 12.8. The van der Waals surface area contributed by atoms with E-state index in [2.05, 4.69) is 5.32 Å². The topological polar surface area (TPSA) is 32.3 Å². The van der Waals surface area contributed by atoms with E-state index in [4.69, 9.17) is 11.6 Å². The third kappa shape index (κ3) is 5.70. The second-order valence-electron chi connectivity index (χ2n) is 5.78. The molecule has 1 heterocycles. The average Bonchev–Trinajstić information content (AvgIpc) is 2.43. The third-order valence-corrected chi connectivity index (χ3v) is 4.21. The molecule has 1 aromatic rings. The maximum absolute atomic E-state index is 12.7. The number of alkyl halides is 3. The highest BCUT2D eigenvalue weighted by atomic mass is 35.5. The number of carbonyl (C=O) groups is 1. The number of nitrogens with one attached hydrogen (secondary N) is 1. The summed E-state index contributed by atoms with van der Waals surface area (Å²) in [6, 6.07) is 2.92. The predicted molar refractivity (Wildman–Crippen MR) is 84.6 cm³/mol. The van der Waals surface area contributed by atoms with Crippen LogP contribution in [0.5, 0.6) is 0 Å². The highest BCUT2D eigenvalue weighted by molar-refractivity contribution is 6.33. The number of anilines is 1. The minimum atomic E-state index is -4.47. The highest BCUT2D eigenvalue weighted by Crippen LogP contribution is 2.33. The Hall–Kier alpha value is -1.27. The molecule has 1 aromatic carbocycles. The maximum atomic E-state index is 12.7. The van der Waals surface area contributed by atoms with E-state index < -0.39 is 11.7 Å². The Morgan fingerprint density at radius 2 is 1.74 bits per heavy atom. The summed E-state index contributed by atoms with van der Waals surface area (Å²) in [5.74, 6) is -0.341. The molecule has 1 fully saturated rings. The van der Waals surface area contributed by atoms with E-state index in [1.165, 1.54) is 6.42 Å². The van der Waals surface area contributed by atoms with Crippen LogP contribution < -0.4 is 5.32 Å². The first-order valence-electron chi connectivity index (χ1n) is 7.75.